The second-order valence-corrected chi connectivity index (χ2v) is 6.89. The highest BCUT2D eigenvalue weighted by Crippen LogP contribution is 2.37. The van der Waals surface area contributed by atoms with Crippen molar-refractivity contribution in [1.82, 2.24) is 10.6 Å². The van der Waals surface area contributed by atoms with E-state index in [9.17, 15) is 13.2 Å². The largest absolute Gasteiger partial charge is 0.493 e. The molecule has 144 valence electrons. The molecular weight excluding hydrogens is 370 g/mol. The fraction of sp³-hybridized carbons (Fsp3) is 0.533. The van der Waals surface area contributed by atoms with Crippen LogP contribution in [0, 0.1) is 0 Å². The van der Waals surface area contributed by atoms with Crippen molar-refractivity contribution >= 4 is 34.0 Å². The molecule has 8 nitrogen and oxygen atoms in total. The smallest absolute Gasteiger partial charge is 0.251 e. The van der Waals surface area contributed by atoms with E-state index in [0.717, 1.165) is 19.2 Å². The Hall–Kier alpha value is -1.71. The van der Waals surface area contributed by atoms with E-state index in [0.29, 0.717) is 13.1 Å². The summed E-state index contributed by atoms with van der Waals surface area (Å²) in [7, 11) is -0.723. The van der Waals surface area contributed by atoms with Gasteiger partial charge in [-0.25, -0.2) is 8.42 Å². The molecule has 1 aromatic rings. The first-order valence-electron chi connectivity index (χ1n) is 7.55. The normalized spacial score (nSPS) is 10.6. The van der Waals surface area contributed by atoms with E-state index >= 15 is 0 Å². The summed E-state index contributed by atoms with van der Waals surface area (Å²) in [5.41, 5.74) is 0.419. The number of carbonyl (C=O) groups excluding carboxylic acids is 1. The van der Waals surface area contributed by atoms with Crippen LogP contribution in [0.3, 0.4) is 0 Å². The van der Waals surface area contributed by atoms with Crippen molar-refractivity contribution < 1.29 is 22.7 Å². The first kappa shape index (κ1) is 23.3. The number of sulfonamides is 1. The summed E-state index contributed by atoms with van der Waals surface area (Å²) in [6.45, 7) is 4.06. The molecule has 0 atom stereocenters. The van der Waals surface area contributed by atoms with E-state index in [2.05, 4.69) is 22.3 Å². The second-order valence-electron chi connectivity index (χ2n) is 5.14. The summed E-state index contributed by atoms with van der Waals surface area (Å²) in [6, 6.07) is 2.91. The van der Waals surface area contributed by atoms with Gasteiger partial charge in [0.05, 0.1) is 26.2 Å². The molecule has 0 radical (unpaired) electrons. The Balaban J connectivity index is 0.00000576. The number of methoxy groups -OCH3 is 2. The molecule has 0 bridgehead atoms. The van der Waals surface area contributed by atoms with Crippen LogP contribution in [0.4, 0.5) is 5.69 Å². The summed E-state index contributed by atoms with van der Waals surface area (Å²) in [5, 5.41) is 5.94. The third-order valence-electron chi connectivity index (χ3n) is 3.05. The molecule has 0 aromatic heterocycles. The molecule has 0 aliphatic rings. The Labute approximate surface area is 155 Å². The van der Waals surface area contributed by atoms with Gasteiger partial charge in [0.25, 0.3) is 5.91 Å². The second kappa shape index (κ2) is 11.0. The van der Waals surface area contributed by atoms with Crippen LogP contribution in [0.15, 0.2) is 12.1 Å². The van der Waals surface area contributed by atoms with Gasteiger partial charge in [0.15, 0.2) is 11.5 Å². The van der Waals surface area contributed by atoms with Crippen LogP contribution in [0.5, 0.6) is 11.5 Å². The number of nitrogens with one attached hydrogen (secondary N) is 3. The lowest BCUT2D eigenvalue weighted by Crippen LogP contribution is -2.32. The monoisotopic (exact) mass is 395 g/mol. The highest BCUT2D eigenvalue weighted by molar-refractivity contribution is 7.92. The number of ether oxygens (including phenoxy) is 2. The Morgan fingerprint density at radius 1 is 1.12 bits per heavy atom. The maximum Gasteiger partial charge on any atom is 0.251 e. The van der Waals surface area contributed by atoms with Gasteiger partial charge in [0.1, 0.15) is 0 Å². The van der Waals surface area contributed by atoms with Crippen molar-refractivity contribution in [3.05, 3.63) is 17.7 Å². The summed E-state index contributed by atoms with van der Waals surface area (Å²) in [5.74, 6) is 0.148. The van der Waals surface area contributed by atoms with Crippen molar-refractivity contribution in [2.75, 3.05) is 44.8 Å². The minimum absolute atomic E-state index is 0. The predicted octanol–water partition coefficient (Wildman–Crippen LogP) is 1.23. The lowest BCUT2D eigenvalue weighted by atomic mass is 10.1. The topological polar surface area (TPSA) is 106 Å². The molecular formula is C15H26ClN3O5S. The van der Waals surface area contributed by atoms with Crippen LogP contribution in [-0.2, 0) is 10.0 Å². The minimum atomic E-state index is -3.53. The number of halogens is 1. The predicted molar refractivity (Wildman–Crippen MR) is 101 cm³/mol. The zero-order valence-corrected chi connectivity index (χ0v) is 16.5. The number of anilines is 1. The lowest BCUT2D eigenvalue weighted by Gasteiger charge is -2.15. The zero-order valence-electron chi connectivity index (χ0n) is 14.8. The van der Waals surface area contributed by atoms with Crippen LogP contribution in [0.1, 0.15) is 23.7 Å². The molecule has 0 aliphatic carbocycles. The number of benzene rings is 1. The van der Waals surface area contributed by atoms with Gasteiger partial charge in [-0.2, -0.15) is 0 Å². The molecule has 0 aliphatic heterocycles. The molecule has 25 heavy (non-hydrogen) atoms. The molecule has 3 N–H and O–H groups in total. The third-order valence-corrected chi connectivity index (χ3v) is 3.64. The number of hydrogen-bond acceptors (Lipinski definition) is 6. The van der Waals surface area contributed by atoms with E-state index in [1.54, 1.807) is 0 Å². The molecule has 0 fully saturated rings. The van der Waals surface area contributed by atoms with Gasteiger partial charge in [-0.3, -0.25) is 9.52 Å². The van der Waals surface area contributed by atoms with Gasteiger partial charge in [-0.1, -0.05) is 6.92 Å². The van der Waals surface area contributed by atoms with Gasteiger partial charge in [-0.05, 0) is 25.1 Å². The average Bonchev–Trinajstić information content (AvgIpc) is 2.52. The fourth-order valence-electron chi connectivity index (χ4n) is 2.04. The lowest BCUT2D eigenvalue weighted by molar-refractivity contribution is 0.0953. The standard InChI is InChI=1S/C15H25N3O5S.ClH/c1-5-6-16-7-8-17-15(19)11-9-12(18-24(4,20)21)14(23-3)13(10-11)22-2;/h9-10,16,18H,5-8H2,1-4H3,(H,17,19);1H. The Bertz CT molecular complexity index is 667. The Morgan fingerprint density at radius 2 is 1.80 bits per heavy atom. The zero-order chi connectivity index (χ0) is 18.2. The van der Waals surface area contributed by atoms with Crippen LogP contribution in [0.2, 0.25) is 0 Å². The third kappa shape index (κ3) is 7.80. The molecule has 1 aromatic carbocycles. The van der Waals surface area contributed by atoms with Gasteiger partial charge in [0, 0.05) is 18.7 Å². The Kier molecular flexibility index (Phi) is 10.3. The van der Waals surface area contributed by atoms with Crippen molar-refractivity contribution in [2.45, 2.75) is 13.3 Å². The molecule has 0 saturated heterocycles. The summed E-state index contributed by atoms with van der Waals surface area (Å²) >= 11 is 0. The van der Waals surface area contributed by atoms with Crippen molar-refractivity contribution in [2.24, 2.45) is 0 Å². The van der Waals surface area contributed by atoms with E-state index in [1.165, 1.54) is 26.4 Å². The highest BCUT2D eigenvalue weighted by Gasteiger charge is 2.18. The number of amides is 1. The Morgan fingerprint density at radius 3 is 2.32 bits per heavy atom. The summed E-state index contributed by atoms with van der Waals surface area (Å²) in [4.78, 5) is 12.3. The van der Waals surface area contributed by atoms with Gasteiger partial charge >= 0.3 is 0 Å². The minimum Gasteiger partial charge on any atom is -0.493 e. The van der Waals surface area contributed by atoms with Crippen LogP contribution in [-0.4, -0.2) is 54.4 Å². The van der Waals surface area contributed by atoms with Crippen LogP contribution >= 0.6 is 12.4 Å². The number of carbonyl (C=O) groups is 1. The molecule has 0 spiro atoms. The highest BCUT2D eigenvalue weighted by atomic mass is 35.5. The van der Waals surface area contributed by atoms with Gasteiger partial charge in [-0.15, -0.1) is 12.4 Å². The van der Waals surface area contributed by atoms with E-state index in [4.69, 9.17) is 9.47 Å². The molecule has 1 amide bonds. The van der Waals surface area contributed by atoms with E-state index in [-0.39, 0.29) is 41.1 Å². The summed E-state index contributed by atoms with van der Waals surface area (Å²) in [6.07, 6.45) is 2.04. The first-order chi connectivity index (χ1) is 11.3. The molecule has 0 heterocycles. The molecule has 10 heteroatoms. The van der Waals surface area contributed by atoms with Crippen molar-refractivity contribution in [1.29, 1.82) is 0 Å². The van der Waals surface area contributed by atoms with Crippen molar-refractivity contribution in [3.8, 4) is 11.5 Å². The number of rotatable bonds is 10. The van der Waals surface area contributed by atoms with E-state index < -0.39 is 10.0 Å². The SMILES string of the molecule is CCCNCCNC(=O)c1cc(NS(C)(=O)=O)c(OC)c(OC)c1.Cl. The molecule has 0 saturated carbocycles. The van der Waals surface area contributed by atoms with Gasteiger partial charge < -0.3 is 20.1 Å². The molecule has 1 rings (SSSR count). The van der Waals surface area contributed by atoms with E-state index in [1.807, 2.05) is 0 Å². The van der Waals surface area contributed by atoms with Gasteiger partial charge in [0.2, 0.25) is 10.0 Å². The van der Waals surface area contributed by atoms with Crippen molar-refractivity contribution in [3.63, 3.8) is 0 Å². The summed E-state index contributed by atoms with van der Waals surface area (Å²) < 4.78 is 35.7. The average molecular weight is 396 g/mol. The van der Waals surface area contributed by atoms with Crippen LogP contribution < -0.4 is 24.8 Å². The number of hydrogen-bond donors (Lipinski definition) is 3. The maximum atomic E-state index is 12.3. The maximum absolute atomic E-state index is 12.3. The quantitative estimate of drug-likeness (QED) is 0.514. The fourth-order valence-corrected chi connectivity index (χ4v) is 2.59. The molecule has 0 unspecified atom stereocenters. The van der Waals surface area contributed by atoms with Crippen LogP contribution in [0.25, 0.3) is 0 Å². The first-order valence-corrected chi connectivity index (χ1v) is 9.44.